The van der Waals surface area contributed by atoms with Gasteiger partial charge in [-0.2, -0.15) is 0 Å². The van der Waals surface area contributed by atoms with Crippen LogP contribution in [0.2, 0.25) is 0 Å². The van der Waals surface area contributed by atoms with Crippen LogP contribution in [0.15, 0.2) is 72.8 Å². The van der Waals surface area contributed by atoms with Crippen molar-refractivity contribution >= 4 is 23.9 Å². The first kappa shape index (κ1) is 37.6. The first-order valence-corrected chi connectivity index (χ1v) is 16.7. The highest BCUT2D eigenvalue weighted by atomic mass is 16.4. The first-order chi connectivity index (χ1) is 25.0. The molecule has 4 aromatic rings. The quantitative estimate of drug-likeness (QED) is 0.166. The van der Waals surface area contributed by atoms with Gasteiger partial charge in [0.25, 0.3) is 0 Å². The van der Waals surface area contributed by atoms with Crippen molar-refractivity contribution in [3.63, 3.8) is 0 Å². The molecule has 4 N–H and O–H groups in total. The molecule has 0 saturated carbocycles. The molecule has 0 bridgehead atoms. The van der Waals surface area contributed by atoms with Crippen molar-refractivity contribution in [2.24, 2.45) is 0 Å². The Kier molecular flexibility index (Phi) is 13.0. The number of rotatable bonds is 12. The van der Waals surface area contributed by atoms with Crippen LogP contribution in [-0.2, 0) is 26.2 Å². The van der Waals surface area contributed by atoms with Crippen LogP contribution in [0.5, 0.6) is 0 Å². The van der Waals surface area contributed by atoms with Crippen molar-refractivity contribution in [3.8, 4) is 0 Å². The van der Waals surface area contributed by atoms with Gasteiger partial charge in [-0.15, -0.1) is 0 Å². The molecule has 1 aliphatic rings. The summed E-state index contributed by atoms with van der Waals surface area (Å²) in [5.41, 5.74) is 2.19. The number of carboxylic acids is 4. The minimum atomic E-state index is -1.12. The molecule has 272 valence electrons. The van der Waals surface area contributed by atoms with Gasteiger partial charge in [0.15, 0.2) is 0 Å². The number of pyridine rings is 4. The van der Waals surface area contributed by atoms with Crippen LogP contribution >= 0.6 is 0 Å². The third-order valence-electron chi connectivity index (χ3n) is 8.58. The van der Waals surface area contributed by atoms with Gasteiger partial charge in [0.1, 0.15) is 22.8 Å². The number of nitrogens with zero attached hydrogens (tertiary/aromatic N) is 8. The Morgan fingerprint density at radius 1 is 0.385 bits per heavy atom. The van der Waals surface area contributed by atoms with Crippen LogP contribution in [0.25, 0.3) is 0 Å². The Morgan fingerprint density at radius 3 is 0.750 bits per heavy atom. The average molecular weight is 713 g/mol. The van der Waals surface area contributed by atoms with Crippen LogP contribution < -0.4 is 0 Å². The Morgan fingerprint density at radius 2 is 0.577 bits per heavy atom. The van der Waals surface area contributed by atoms with Crippen molar-refractivity contribution in [2.45, 2.75) is 26.2 Å². The standard InChI is InChI=1S/C36H40N8O8/c45-33(46)29-9-1-5-25(37-29)21-41-13-15-42(22-26-6-2-10-30(38-26)34(47)48)17-19-44(24-28-8-4-12-32(40-28)36(51)52)20-18-43(16-14-41)23-27-7-3-11-31(39-27)35(49)50/h1-12H,13-24H2,(H,45,46)(H,47,48)(H,49,50)(H,51,52). The van der Waals surface area contributed by atoms with Crippen LogP contribution in [-0.4, -0.2) is 136 Å². The predicted octanol–water partition coefficient (Wildman–Crippen LogP) is 2.38. The Balaban J connectivity index is 1.43. The van der Waals surface area contributed by atoms with Crippen molar-refractivity contribution in [2.75, 3.05) is 52.4 Å². The minimum absolute atomic E-state index is 0.0487. The topological polar surface area (TPSA) is 214 Å². The summed E-state index contributed by atoms with van der Waals surface area (Å²) < 4.78 is 0. The lowest BCUT2D eigenvalue weighted by atomic mass is 10.2. The van der Waals surface area contributed by atoms with E-state index in [0.29, 0.717) is 101 Å². The predicted molar refractivity (Wildman–Crippen MR) is 186 cm³/mol. The molecule has 0 spiro atoms. The molecule has 0 radical (unpaired) electrons. The third-order valence-corrected chi connectivity index (χ3v) is 8.58. The molecule has 52 heavy (non-hydrogen) atoms. The molecule has 5 rings (SSSR count). The molecule has 0 unspecified atom stereocenters. The minimum Gasteiger partial charge on any atom is -0.477 e. The van der Waals surface area contributed by atoms with Gasteiger partial charge in [-0.3, -0.25) is 19.6 Å². The number of hydrogen-bond donors (Lipinski definition) is 4. The summed E-state index contributed by atoms with van der Waals surface area (Å²) in [5, 5.41) is 38.1. The Bertz CT molecular complexity index is 1610. The number of aromatic carboxylic acids is 4. The highest BCUT2D eigenvalue weighted by Crippen LogP contribution is 2.13. The molecule has 0 aromatic carbocycles. The smallest absolute Gasteiger partial charge is 0.354 e. The number of aromatic nitrogens is 4. The lowest BCUT2D eigenvalue weighted by Crippen LogP contribution is -2.45. The monoisotopic (exact) mass is 712 g/mol. The first-order valence-electron chi connectivity index (χ1n) is 16.7. The molecular weight excluding hydrogens is 672 g/mol. The van der Waals surface area contributed by atoms with Gasteiger partial charge >= 0.3 is 23.9 Å². The summed E-state index contributed by atoms with van der Waals surface area (Å²) in [5.74, 6) is -4.46. The molecule has 1 saturated heterocycles. The molecule has 5 heterocycles. The summed E-state index contributed by atoms with van der Waals surface area (Å²) in [7, 11) is 0. The lowest BCUT2D eigenvalue weighted by molar-refractivity contribution is 0.0678. The maximum Gasteiger partial charge on any atom is 0.354 e. The SMILES string of the molecule is O=C(O)c1cccc(CN2CCN(Cc3cccc(C(=O)O)n3)CCN(Cc3cccc(C(=O)O)n3)CCN(Cc3cccc(C(=O)O)n3)CC2)n1. The molecule has 16 nitrogen and oxygen atoms in total. The largest absolute Gasteiger partial charge is 0.477 e. The van der Waals surface area contributed by atoms with E-state index in [2.05, 4.69) is 39.5 Å². The zero-order valence-electron chi connectivity index (χ0n) is 28.4. The fraction of sp³-hybridized carbons (Fsp3) is 0.333. The normalized spacial score (nSPS) is 15.7. The van der Waals surface area contributed by atoms with Crippen LogP contribution in [0.3, 0.4) is 0 Å². The van der Waals surface area contributed by atoms with E-state index >= 15 is 0 Å². The van der Waals surface area contributed by atoms with Gasteiger partial charge in [-0.1, -0.05) is 24.3 Å². The van der Waals surface area contributed by atoms with Crippen molar-refractivity contribution in [1.29, 1.82) is 0 Å². The summed E-state index contributed by atoms with van der Waals surface area (Å²) in [6.45, 7) is 5.95. The molecule has 1 aliphatic heterocycles. The molecule has 1 fully saturated rings. The van der Waals surface area contributed by atoms with E-state index in [1.165, 1.54) is 24.3 Å². The summed E-state index contributed by atoms with van der Waals surface area (Å²) in [6.07, 6.45) is 0. The second kappa shape index (κ2) is 18.0. The van der Waals surface area contributed by atoms with E-state index in [1.54, 1.807) is 48.5 Å². The molecule has 16 heteroatoms. The van der Waals surface area contributed by atoms with Gasteiger partial charge in [-0.05, 0) is 48.5 Å². The molecule has 4 aromatic heterocycles. The second-order valence-electron chi connectivity index (χ2n) is 12.4. The zero-order chi connectivity index (χ0) is 37.0. The van der Waals surface area contributed by atoms with Gasteiger partial charge in [0.05, 0.1) is 22.8 Å². The number of carbonyl (C=O) groups is 4. The maximum atomic E-state index is 11.6. The van der Waals surface area contributed by atoms with Gasteiger partial charge in [-0.25, -0.2) is 39.1 Å². The van der Waals surface area contributed by atoms with Crippen molar-refractivity contribution in [3.05, 3.63) is 118 Å². The fourth-order valence-corrected chi connectivity index (χ4v) is 5.87. The Labute approximate surface area is 299 Å². The molecular formula is C36H40N8O8. The van der Waals surface area contributed by atoms with E-state index in [4.69, 9.17) is 0 Å². The van der Waals surface area contributed by atoms with E-state index in [-0.39, 0.29) is 22.8 Å². The van der Waals surface area contributed by atoms with Gasteiger partial charge in [0.2, 0.25) is 0 Å². The van der Waals surface area contributed by atoms with E-state index < -0.39 is 23.9 Å². The summed E-state index contributed by atoms with van der Waals surface area (Å²) in [4.78, 5) is 72.6. The molecule has 0 aliphatic carbocycles. The van der Waals surface area contributed by atoms with Crippen LogP contribution in [0, 0.1) is 0 Å². The van der Waals surface area contributed by atoms with Gasteiger partial charge < -0.3 is 20.4 Å². The number of hydrogen-bond acceptors (Lipinski definition) is 12. The highest BCUT2D eigenvalue weighted by Gasteiger charge is 2.20. The highest BCUT2D eigenvalue weighted by molar-refractivity contribution is 5.86. The fourth-order valence-electron chi connectivity index (χ4n) is 5.87. The molecule has 0 atom stereocenters. The van der Waals surface area contributed by atoms with E-state index in [1.807, 2.05) is 0 Å². The second-order valence-corrected chi connectivity index (χ2v) is 12.4. The number of carboxylic acid groups (broad SMARTS) is 4. The molecule has 0 amide bonds. The summed E-state index contributed by atoms with van der Waals surface area (Å²) >= 11 is 0. The maximum absolute atomic E-state index is 11.6. The average Bonchev–Trinajstić information content (AvgIpc) is 3.13. The van der Waals surface area contributed by atoms with Crippen molar-refractivity contribution < 1.29 is 39.6 Å². The van der Waals surface area contributed by atoms with Crippen LogP contribution in [0.4, 0.5) is 0 Å². The third kappa shape index (κ3) is 11.2. The zero-order valence-corrected chi connectivity index (χ0v) is 28.4. The van der Waals surface area contributed by atoms with E-state index in [0.717, 1.165) is 0 Å². The van der Waals surface area contributed by atoms with Gasteiger partial charge in [0, 0.05) is 78.5 Å². The Hall–Kier alpha value is -5.68. The van der Waals surface area contributed by atoms with Crippen molar-refractivity contribution in [1.82, 2.24) is 39.5 Å². The lowest BCUT2D eigenvalue weighted by Gasteiger charge is -2.34. The van der Waals surface area contributed by atoms with Crippen LogP contribution in [0.1, 0.15) is 64.7 Å². The summed E-state index contributed by atoms with van der Waals surface area (Å²) in [6, 6.07) is 19.6. The van der Waals surface area contributed by atoms with E-state index in [9.17, 15) is 39.6 Å².